The Bertz CT molecular complexity index is 783. The van der Waals surface area contributed by atoms with Gasteiger partial charge in [-0.15, -0.1) is 10.2 Å². The van der Waals surface area contributed by atoms with E-state index in [0.29, 0.717) is 11.8 Å². The summed E-state index contributed by atoms with van der Waals surface area (Å²) >= 11 is 3.44. The van der Waals surface area contributed by atoms with Gasteiger partial charge in [0.2, 0.25) is 11.8 Å². The largest absolute Gasteiger partial charge is 0.416 e. The van der Waals surface area contributed by atoms with Crippen molar-refractivity contribution in [3.05, 3.63) is 59.7 Å². The maximum Gasteiger partial charge on any atom is 0.248 e. The molecule has 3 rings (SSSR count). The van der Waals surface area contributed by atoms with E-state index in [0.717, 1.165) is 16.5 Å². The van der Waals surface area contributed by atoms with E-state index in [1.165, 1.54) is 11.1 Å². The summed E-state index contributed by atoms with van der Waals surface area (Å²) in [6.45, 7) is 6.59. The van der Waals surface area contributed by atoms with E-state index in [1.54, 1.807) is 0 Å². The molecule has 0 aliphatic heterocycles. The molecule has 2 aromatic carbocycles. The first-order valence-corrected chi connectivity index (χ1v) is 8.69. The number of hydrogen-bond acceptors (Lipinski definition) is 3. The fraction of sp³-hybridized carbons (Fsp3) is 0.263. The molecular formula is C19H19BrN2O. The molecule has 23 heavy (non-hydrogen) atoms. The Kier molecular flexibility index (Phi) is 4.35. The molecule has 0 amide bonds. The lowest BCUT2D eigenvalue weighted by Gasteiger charge is -2.18. The smallest absolute Gasteiger partial charge is 0.248 e. The van der Waals surface area contributed by atoms with E-state index in [4.69, 9.17) is 4.42 Å². The Morgan fingerprint density at radius 3 is 1.74 bits per heavy atom. The van der Waals surface area contributed by atoms with E-state index in [9.17, 15) is 0 Å². The number of benzene rings is 2. The van der Waals surface area contributed by atoms with Crippen LogP contribution in [0.15, 0.2) is 52.9 Å². The summed E-state index contributed by atoms with van der Waals surface area (Å²) in [5, 5.41) is 9.17. The van der Waals surface area contributed by atoms with E-state index in [1.807, 2.05) is 36.4 Å². The molecule has 0 saturated carbocycles. The lowest BCUT2D eigenvalue weighted by atomic mass is 9.87. The second-order valence-electron chi connectivity index (χ2n) is 6.57. The van der Waals surface area contributed by atoms with Crippen LogP contribution in [-0.2, 0) is 10.7 Å². The van der Waals surface area contributed by atoms with Crippen LogP contribution < -0.4 is 0 Å². The highest BCUT2D eigenvalue weighted by Gasteiger charge is 2.15. The summed E-state index contributed by atoms with van der Waals surface area (Å²) in [4.78, 5) is 0. The van der Waals surface area contributed by atoms with Gasteiger partial charge in [0, 0.05) is 16.5 Å². The van der Waals surface area contributed by atoms with Gasteiger partial charge in [-0.3, -0.25) is 0 Å². The lowest BCUT2D eigenvalue weighted by Crippen LogP contribution is -2.10. The fourth-order valence-corrected chi connectivity index (χ4v) is 2.68. The standard InChI is InChI=1S/C19H19BrN2O/c1-19(2,3)16-10-8-15(9-11-16)18-22-21-17(23-18)14-6-4-13(12-20)5-7-14/h4-11H,12H2,1-3H3. The Morgan fingerprint density at radius 1 is 0.826 bits per heavy atom. The molecule has 0 aliphatic carbocycles. The van der Waals surface area contributed by atoms with Crippen molar-refractivity contribution in [2.75, 3.05) is 0 Å². The summed E-state index contributed by atoms with van der Waals surface area (Å²) in [6, 6.07) is 16.4. The fourth-order valence-electron chi connectivity index (χ4n) is 2.31. The number of halogens is 1. The number of aromatic nitrogens is 2. The van der Waals surface area contributed by atoms with Gasteiger partial charge in [0.25, 0.3) is 0 Å². The Labute approximate surface area is 144 Å². The van der Waals surface area contributed by atoms with Gasteiger partial charge in [-0.25, -0.2) is 0 Å². The van der Waals surface area contributed by atoms with Crippen molar-refractivity contribution in [3.63, 3.8) is 0 Å². The zero-order chi connectivity index (χ0) is 16.4. The number of hydrogen-bond donors (Lipinski definition) is 0. The monoisotopic (exact) mass is 370 g/mol. The second-order valence-corrected chi connectivity index (χ2v) is 7.13. The molecule has 4 heteroatoms. The number of alkyl halides is 1. The van der Waals surface area contributed by atoms with Gasteiger partial charge in [-0.2, -0.15) is 0 Å². The highest BCUT2D eigenvalue weighted by Crippen LogP contribution is 2.27. The van der Waals surface area contributed by atoms with E-state index < -0.39 is 0 Å². The van der Waals surface area contributed by atoms with Crippen LogP contribution in [0.5, 0.6) is 0 Å². The van der Waals surface area contributed by atoms with Crippen molar-refractivity contribution in [3.8, 4) is 22.9 Å². The zero-order valence-electron chi connectivity index (χ0n) is 13.5. The van der Waals surface area contributed by atoms with Crippen molar-refractivity contribution >= 4 is 15.9 Å². The SMILES string of the molecule is CC(C)(C)c1ccc(-c2nnc(-c3ccc(CBr)cc3)o2)cc1. The third-order valence-corrected chi connectivity index (χ3v) is 4.43. The Hall–Kier alpha value is -1.94. The molecule has 0 spiro atoms. The molecule has 3 nitrogen and oxygen atoms in total. The molecule has 0 bridgehead atoms. The van der Waals surface area contributed by atoms with Gasteiger partial charge in [0.05, 0.1) is 0 Å². The average Bonchev–Trinajstić information content (AvgIpc) is 3.04. The zero-order valence-corrected chi connectivity index (χ0v) is 15.1. The minimum absolute atomic E-state index is 0.135. The van der Waals surface area contributed by atoms with Crippen LogP contribution in [0.1, 0.15) is 31.9 Å². The van der Waals surface area contributed by atoms with Gasteiger partial charge >= 0.3 is 0 Å². The normalized spacial score (nSPS) is 11.7. The molecule has 0 aliphatic rings. The third-order valence-electron chi connectivity index (χ3n) is 3.78. The van der Waals surface area contributed by atoms with Crippen molar-refractivity contribution in [1.82, 2.24) is 10.2 Å². The minimum atomic E-state index is 0.135. The van der Waals surface area contributed by atoms with Crippen LogP contribution in [0.2, 0.25) is 0 Å². The van der Waals surface area contributed by atoms with Gasteiger partial charge in [0.1, 0.15) is 0 Å². The van der Waals surface area contributed by atoms with Crippen LogP contribution in [0.25, 0.3) is 22.9 Å². The van der Waals surface area contributed by atoms with Crippen molar-refractivity contribution in [2.24, 2.45) is 0 Å². The Balaban J connectivity index is 1.86. The Morgan fingerprint density at radius 2 is 1.30 bits per heavy atom. The first kappa shape index (κ1) is 15.9. The quantitative estimate of drug-likeness (QED) is 0.563. The molecule has 0 unspecified atom stereocenters. The van der Waals surface area contributed by atoms with Gasteiger partial charge in [0.15, 0.2) is 0 Å². The summed E-state index contributed by atoms with van der Waals surface area (Å²) < 4.78 is 5.82. The topological polar surface area (TPSA) is 38.9 Å². The molecule has 1 aromatic heterocycles. The van der Waals surface area contributed by atoms with Crippen LogP contribution in [0, 0.1) is 0 Å². The van der Waals surface area contributed by atoms with Crippen LogP contribution in [0.3, 0.4) is 0 Å². The van der Waals surface area contributed by atoms with Crippen molar-refractivity contribution < 1.29 is 4.42 Å². The molecule has 0 N–H and O–H groups in total. The van der Waals surface area contributed by atoms with Crippen LogP contribution in [0.4, 0.5) is 0 Å². The predicted molar refractivity (Wildman–Crippen MR) is 96.5 cm³/mol. The number of rotatable bonds is 3. The van der Waals surface area contributed by atoms with E-state index >= 15 is 0 Å². The van der Waals surface area contributed by atoms with Gasteiger partial charge in [-0.05, 0) is 40.8 Å². The first-order valence-electron chi connectivity index (χ1n) is 7.57. The summed E-state index contributed by atoms with van der Waals surface area (Å²) in [6.07, 6.45) is 0. The molecular weight excluding hydrogens is 352 g/mol. The van der Waals surface area contributed by atoms with E-state index in [2.05, 4.69) is 59.0 Å². The second kappa shape index (κ2) is 6.28. The summed E-state index contributed by atoms with van der Waals surface area (Å²) in [5.74, 6) is 1.09. The highest BCUT2D eigenvalue weighted by molar-refractivity contribution is 9.08. The molecule has 1 heterocycles. The molecule has 3 aromatic rings. The van der Waals surface area contributed by atoms with Gasteiger partial charge in [-0.1, -0.05) is 61.0 Å². The summed E-state index contributed by atoms with van der Waals surface area (Å²) in [5.41, 5.74) is 4.50. The maximum atomic E-state index is 5.82. The first-order chi connectivity index (χ1) is 11.0. The molecule has 118 valence electrons. The molecule has 0 saturated heterocycles. The van der Waals surface area contributed by atoms with Crippen LogP contribution >= 0.6 is 15.9 Å². The summed E-state index contributed by atoms with van der Waals surface area (Å²) in [7, 11) is 0. The van der Waals surface area contributed by atoms with Crippen LogP contribution in [-0.4, -0.2) is 10.2 Å². The molecule has 0 atom stereocenters. The third kappa shape index (κ3) is 3.53. The molecule has 0 radical (unpaired) electrons. The average molecular weight is 371 g/mol. The number of nitrogens with zero attached hydrogens (tertiary/aromatic N) is 2. The lowest BCUT2D eigenvalue weighted by molar-refractivity contribution is 0.582. The van der Waals surface area contributed by atoms with Gasteiger partial charge < -0.3 is 4.42 Å². The highest BCUT2D eigenvalue weighted by atomic mass is 79.9. The minimum Gasteiger partial charge on any atom is -0.416 e. The van der Waals surface area contributed by atoms with E-state index in [-0.39, 0.29) is 5.41 Å². The maximum absolute atomic E-state index is 5.82. The predicted octanol–water partition coefficient (Wildman–Crippen LogP) is 5.60. The molecule has 0 fully saturated rings. The van der Waals surface area contributed by atoms with Crippen molar-refractivity contribution in [2.45, 2.75) is 31.5 Å². The van der Waals surface area contributed by atoms with Crippen molar-refractivity contribution in [1.29, 1.82) is 0 Å².